The molecule has 39 heavy (non-hydrogen) atoms. The van der Waals surface area contributed by atoms with Gasteiger partial charge in [0, 0.05) is 23.1 Å². The van der Waals surface area contributed by atoms with Crippen molar-refractivity contribution in [3.63, 3.8) is 0 Å². The number of nitrogens with one attached hydrogen (secondary N) is 3. The Morgan fingerprint density at radius 2 is 1.41 bits per heavy atom. The van der Waals surface area contributed by atoms with Gasteiger partial charge in [-0.2, -0.15) is 0 Å². The van der Waals surface area contributed by atoms with Gasteiger partial charge in [-0.05, 0) is 56.3 Å². The van der Waals surface area contributed by atoms with Crippen molar-refractivity contribution in [3.8, 4) is 0 Å². The summed E-state index contributed by atoms with van der Waals surface area (Å²) in [6.45, 7) is 4.11. The van der Waals surface area contributed by atoms with E-state index in [0.717, 1.165) is 11.1 Å². The zero-order valence-corrected chi connectivity index (χ0v) is 21.8. The van der Waals surface area contributed by atoms with E-state index >= 15 is 0 Å². The van der Waals surface area contributed by atoms with E-state index < -0.39 is 23.4 Å². The second kappa shape index (κ2) is 10.8. The van der Waals surface area contributed by atoms with Crippen LogP contribution >= 0.6 is 0 Å². The van der Waals surface area contributed by atoms with E-state index in [1.807, 2.05) is 62.4 Å². The lowest BCUT2D eigenvalue weighted by atomic mass is 9.87. The molecule has 196 valence electrons. The lowest BCUT2D eigenvalue weighted by Gasteiger charge is -2.29. The summed E-state index contributed by atoms with van der Waals surface area (Å²) in [6, 6.07) is 26.8. The third-order valence-electron chi connectivity index (χ3n) is 6.71. The topological polar surface area (TPSA) is 103 Å². The summed E-state index contributed by atoms with van der Waals surface area (Å²) < 4.78 is 0. The average Bonchev–Trinajstić information content (AvgIpc) is 3.14. The molecule has 1 aliphatic rings. The molecule has 3 N–H and O–H groups in total. The zero-order chi connectivity index (χ0) is 27.4. The summed E-state index contributed by atoms with van der Waals surface area (Å²) >= 11 is 0. The Kier molecular flexibility index (Phi) is 7.10. The molecule has 0 saturated carbocycles. The summed E-state index contributed by atoms with van der Waals surface area (Å²) in [5.41, 5.74) is 3.50. The molecule has 0 bridgehead atoms. The summed E-state index contributed by atoms with van der Waals surface area (Å²) in [4.78, 5) is 46.9. The van der Waals surface area contributed by atoms with Crippen molar-refractivity contribution in [3.05, 3.63) is 120 Å². The highest BCUT2D eigenvalue weighted by molar-refractivity contribution is 6.12. The van der Waals surface area contributed by atoms with E-state index in [0.29, 0.717) is 28.3 Å². The molecule has 8 nitrogen and oxygen atoms in total. The van der Waals surface area contributed by atoms with Crippen molar-refractivity contribution >= 4 is 34.9 Å². The fraction of sp³-hybridized carbons (Fsp3) is 0.161. The van der Waals surface area contributed by atoms with E-state index in [-0.39, 0.29) is 13.0 Å². The highest BCUT2D eigenvalue weighted by atomic mass is 16.2. The molecular weight excluding hydrogens is 490 g/mol. The van der Waals surface area contributed by atoms with Gasteiger partial charge in [-0.3, -0.25) is 14.6 Å². The number of anilines is 3. The Bertz CT molecular complexity index is 1440. The number of benzene rings is 3. The Balaban J connectivity index is 1.49. The number of pyridine rings is 1. The first-order valence-electron chi connectivity index (χ1n) is 12.7. The maximum atomic E-state index is 14.2. The van der Waals surface area contributed by atoms with Gasteiger partial charge >= 0.3 is 6.03 Å². The number of para-hydroxylation sites is 1. The SMILES string of the molecule is Cc1ccc(NC(=O)C[C@@]2(NC(=O)Nc3ccc(C)cc3)C(=O)N(Cc3ccccn3)c3ccccc32)cc1. The van der Waals surface area contributed by atoms with Gasteiger partial charge in [0.15, 0.2) is 5.54 Å². The van der Waals surface area contributed by atoms with Crippen LogP contribution in [0.25, 0.3) is 0 Å². The van der Waals surface area contributed by atoms with Gasteiger partial charge in [-0.1, -0.05) is 59.7 Å². The normalized spacial score (nSPS) is 15.9. The van der Waals surface area contributed by atoms with Gasteiger partial charge < -0.3 is 20.9 Å². The van der Waals surface area contributed by atoms with Crippen LogP contribution in [0.5, 0.6) is 0 Å². The number of hydrogen-bond donors (Lipinski definition) is 3. The van der Waals surface area contributed by atoms with Crippen molar-refractivity contribution < 1.29 is 14.4 Å². The van der Waals surface area contributed by atoms with Crippen LogP contribution in [-0.2, 0) is 21.7 Å². The third kappa shape index (κ3) is 5.50. The van der Waals surface area contributed by atoms with Gasteiger partial charge in [-0.25, -0.2) is 4.79 Å². The highest BCUT2D eigenvalue weighted by Gasteiger charge is 2.53. The van der Waals surface area contributed by atoms with Crippen LogP contribution in [0.4, 0.5) is 21.9 Å². The average molecular weight is 520 g/mol. The van der Waals surface area contributed by atoms with Gasteiger partial charge in [0.2, 0.25) is 5.91 Å². The molecule has 4 aromatic rings. The first-order valence-corrected chi connectivity index (χ1v) is 12.7. The molecule has 5 rings (SSSR count). The lowest BCUT2D eigenvalue weighted by Crippen LogP contribution is -2.55. The first-order chi connectivity index (χ1) is 18.8. The van der Waals surface area contributed by atoms with Crippen molar-refractivity contribution in [1.29, 1.82) is 0 Å². The molecule has 0 spiro atoms. The molecule has 3 aromatic carbocycles. The number of hydrogen-bond acceptors (Lipinski definition) is 4. The number of urea groups is 1. The maximum Gasteiger partial charge on any atom is 0.320 e. The molecule has 1 atom stereocenters. The van der Waals surface area contributed by atoms with Crippen molar-refractivity contribution in [2.75, 3.05) is 15.5 Å². The summed E-state index contributed by atoms with van der Waals surface area (Å²) in [5, 5.41) is 8.55. The lowest BCUT2D eigenvalue weighted by molar-refractivity contribution is -0.128. The Morgan fingerprint density at radius 3 is 2.05 bits per heavy atom. The number of amides is 4. The van der Waals surface area contributed by atoms with Crippen LogP contribution in [0.2, 0.25) is 0 Å². The number of nitrogens with zero attached hydrogens (tertiary/aromatic N) is 2. The molecule has 2 heterocycles. The van der Waals surface area contributed by atoms with E-state index in [1.165, 1.54) is 0 Å². The van der Waals surface area contributed by atoms with E-state index in [2.05, 4.69) is 20.9 Å². The molecular formula is C31H29N5O3. The zero-order valence-electron chi connectivity index (χ0n) is 21.8. The predicted molar refractivity (Wildman–Crippen MR) is 151 cm³/mol. The van der Waals surface area contributed by atoms with Crippen molar-refractivity contribution in [1.82, 2.24) is 10.3 Å². The number of rotatable bonds is 7. The van der Waals surface area contributed by atoms with Crippen molar-refractivity contribution in [2.45, 2.75) is 32.4 Å². The number of carbonyl (C=O) groups excluding carboxylic acids is 3. The minimum absolute atomic E-state index is 0.194. The third-order valence-corrected chi connectivity index (χ3v) is 6.71. The molecule has 1 aliphatic heterocycles. The Hall–Kier alpha value is -4.98. The van der Waals surface area contributed by atoms with Gasteiger partial charge in [0.1, 0.15) is 0 Å². The maximum absolute atomic E-state index is 14.2. The molecule has 4 amide bonds. The molecule has 1 aromatic heterocycles. The first kappa shape index (κ1) is 25.7. The predicted octanol–water partition coefficient (Wildman–Crippen LogP) is 5.29. The largest absolute Gasteiger partial charge is 0.326 e. The minimum Gasteiger partial charge on any atom is -0.326 e. The number of carbonyl (C=O) groups is 3. The summed E-state index contributed by atoms with van der Waals surface area (Å²) in [6.07, 6.45) is 1.37. The molecule has 0 unspecified atom stereocenters. The standard InChI is InChI=1S/C31H29N5O3/c1-21-10-14-23(15-11-21)33-28(37)19-31(35-30(39)34-24-16-12-22(2)13-17-24)26-8-3-4-9-27(26)36(29(31)38)20-25-7-5-6-18-32-25/h3-18H,19-20H2,1-2H3,(H,33,37)(H2,34,35,39)/t31-/m0/s1. The second-order valence-electron chi connectivity index (χ2n) is 9.67. The van der Waals surface area contributed by atoms with Gasteiger partial charge in [0.25, 0.3) is 5.91 Å². The van der Waals surface area contributed by atoms with Gasteiger partial charge in [-0.15, -0.1) is 0 Å². The van der Waals surface area contributed by atoms with Crippen LogP contribution in [0.3, 0.4) is 0 Å². The summed E-state index contributed by atoms with van der Waals surface area (Å²) in [7, 11) is 0. The quantitative estimate of drug-likeness (QED) is 0.309. The fourth-order valence-corrected chi connectivity index (χ4v) is 4.75. The Labute approximate surface area is 227 Å². The van der Waals surface area contributed by atoms with Crippen LogP contribution in [0, 0.1) is 13.8 Å². The summed E-state index contributed by atoms with van der Waals surface area (Å²) in [5.74, 6) is -0.815. The number of aromatic nitrogens is 1. The molecule has 0 fully saturated rings. The van der Waals surface area contributed by atoms with Crippen LogP contribution in [0.15, 0.2) is 97.2 Å². The fourth-order valence-electron chi connectivity index (χ4n) is 4.75. The van der Waals surface area contributed by atoms with E-state index in [9.17, 15) is 14.4 Å². The smallest absolute Gasteiger partial charge is 0.320 e. The molecule has 0 aliphatic carbocycles. The molecule has 0 saturated heterocycles. The number of fused-ring (bicyclic) bond motifs is 1. The van der Waals surface area contributed by atoms with E-state index in [1.54, 1.807) is 53.6 Å². The van der Waals surface area contributed by atoms with Crippen LogP contribution < -0.4 is 20.9 Å². The second-order valence-corrected chi connectivity index (χ2v) is 9.67. The van der Waals surface area contributed by atoms with Crippen molar-refractivity contribution in [2.24, 2.45) is 0 Å². The molecule has 0 radical (unpaired) electrons. The van der Waals surface area contributed by atoms with E-state index in [4.69, 9.17) is 0 Å². The Morgan fingerprint density at radius 1 is 0.795 bits per heavy atom. The van der Waals surface area contributed by atoms with Crippen LogP contribution in [-0.4, -0.2) is 22.8 Å². The van der Waals surface area contributed by atoms with Gasteiger partial charge in [0.05, 0.1) is 24.3 Å². The number of aryl methyl sites for hydroxylation is 2. The minimum atomic E-state index is -1.63. The van der Waals surface area contributed by atoms with Crippen LogP contribution in [0.1, 0.15) is 28.8 Å². The monoisotopic (exact) mass is 519 g/mol. The molecule has 8 heteroatoms. The highest BCUT2D eigenvalue weighted by Crippen LogP contribution is 2.43.